The van der Waals surface area contributed by atoms with Gasteiger partial charge in [-0.1, -0.05) is 36.4 Å². The number of pyridine rings is 2. The van der Waals surface area contributed by atoms with Crippen molar-refractivity contribution in [2.24, 2.45) is 0 Å². The van der Waals surface area contributed by atoms with E-state index < -0.39 is 0 Å². The second kappa shape index (κ2) is 7.50. The summed E-state index contributed by atoms with van der Waals surface area (Å²) in [5.41, 5.74) is 4.36. The molecule has 0 bridgehead atoms. The predicted octanol–water partition coefficient (Wildman–Crippen LogP) is 4.88. The molecular formula is C22H23N3O2. The number of ether oxygens (including phenoxy) is 1. The molecule has 0 saturated heterocycles. The highest BCUT2D eigenvalue weighted by Crippen LogP contribution is 2.33. The van der Waals surface area contributed by atoms with E-state index in [0.29, 0.717) is 46.2 Å². The second-order valence-corrected chi connectivity index (χ2v) is 6.64. The van der Waals surface area contributed by atoms with Gasteiger partial charge in [0.1, 0.15) is 11.4 Å². The highest BCUT2D eigenvalue weighted by atomic mass is 16.5. The van der Waals surface area contributed by atoms with Crippen LogP contribution in [0.2, 0.25) is 0 Å². The third-order valence-electron chi connectivity index (χ3n) is 4.10. The van der Waals surface area contributed by atoms with Crippen LogP contribution in [-0.4, -0.2) is 21.6 Å². The fourth-order valence-corrected chi connectivity index (χ4v) is 2.64. The molecule has 3 rings (SSSR count). The number of nitrogens with zero attached hydrogens (tertiary/aromatic N) is 2. The predicted molar refractivity (Wildman–Crippen MR) is 109 cm³/mol. The van der Waals surface area contributed by atoms with Crippen molar-refractivity contribution in [2.75, 3.05) is 6.54 Å². The zero-order chi connectivity index (χ0) is 19.6. The van der Waals surface area contributed by atoms with Gasteiger partial charge in [-0.3, -0.25) is 0 Å². The van der Waals surface area contributed by atoms with Crippen LogP contribution in [0.25, 0.3) is 16.6 Å². The number of benzene rings is 1. The molecule has 0 fully saturated rings. The summed E-state index contributed by atoms with van der Waals surface area (Å²) in [4.78, 5) is 9.00. The van der Waals surface area contributed by atoms with Crippen molar-refractivity contribution in [1.29, 1.82) is 0 Å². The third kappa shape index (κ3) is 4.08. The summed E-state index contributed by atoms with van der Waals surface area (Å²) in [5, 5.41) is 14.4. The Balaban J connectivity index is 1.94. The van der Waals surface area contributed by atoms with Crippen LogP contribution in [0, 0.1) is 13.8 Å². The molecule has 0 radical (unpaired) electrons. The fraction of sp³-hybridized carbons (Fsp3) is 0.182. The number of fused-ring (bicyclic) bond motifs is 1. The van der Waals surface area contributed by atoms with Crippen molar-refractivity contribution in [1.82, 2.24) is 15.3 Å². The fourth-order valence-electron chi connectivity index (χ4n) is 2.64. The van der Waals surface area contributed by atoms with Gasteiger partial charge in [0.05, 0.1) is 16.9 Å². The molecule has 0 aliphatic heterocycles. The molecule has 5 nitrogen and oxygen atoms in total. The summed E-state index contributed by atoms with van der Waals surface area (Å²) in [6.45, 7) is 14.2. The summed E-state index contributed by atoms with van der Waals surface area (Å²) in [6, 6.07) is 11.3. The minimum Gasteiger partial charge on any atom is -0.505 e. The molecule has 0 atom stereocenters. The number of hydrogen-bond donors (Lipinski definition) is 2. The van der Waals surface area contributed by atoms with Gasteiger partial charge < -0.3 is 15.2 Å². The maximum atomic E-state index is 10.7. The largest absolute Gasteiger partial charge is 0.505 e. The van der Waals surface area contributed by atoms with E-state index in [1.54, 1.807) is 12.1 Å². The van der Waals surface area contributed by atoms with Gasteiger partial charge in [0, 0.05) is 18.0 Å². The van der Waals surface area contributed by atoms with Crippen molar-refractivity contribution < 1.29 is 9.84 Å². The highest BCUT2D eigenvalue weighted by molar-refractivity contribution is 5.90. The molecule has 5 heteroatoms. The van der Waals surface area contributed by atoms with E-state index in [1.165, 1.54) is 0 Å². The van der Waals surface area contributed by atoms with Crippen LogP contribution in [0.5, 0.6) is 17.4 Å². The third-order valence-corrected chi connectivity index (χ3v) is 4.10. The van der Waals surface area contributed by atoms with Crippen LogP contribution in [-0.2, 0) is 0 Å². The van der Waals surface area contributed by atoms with Gasteiger partial charge in [-0.25, -0.2) is 9.97 Å². The first kappa shape index (κ1) is 18.5. The molecule has 0 aliphatic rings. The minimum atomic E-state index is 0.0456. The smallest absolute Gasteiger partial charge is 0.219 e. The molecule has 138 valence electrons. The van der Waals surface area contributed by atoms with Crippen molar-refractivity contribution in [3.05, 3.63) is 72.1 Å². The Bertz CT molecular complexity index is 1020. The van der Waals surface area contributed by atoms with Gasteiger partial charge in [0.2, 0.25) is 5.88 Å². The molecule has 0 unspecified atom stereocenters. The molecule has 3 aromatic rings. The molecule has 2 heterocycles. The van der Waals surface area contributed by atoms with Crippen molar-refractivity contribution in [2.45, 2.75) is 20.8 Å². The number of aromatic hydroxyl groups is 1. The molecule has 1 aromatic carbocycles. The minimum absolute atomic E-state index is 0.0456. The Morgan fingerprint density at radius 2 is 1.78 bits per heavy atom. The Labute approximate surface area is 159 Å². The summed E-state index contributed by atoms with van der Waals surface area (Å²) in [5.74, 6) is 1.20. The first-order valence-corrected chi connectivity index (χ1v) is 8.67. The normalized spacial score (nSPS) is 10.6. The standard InChI is InChI=1S/C22H23N3O2/c1-13(2)12-23-15(4)21-22(26)18-10-11-19(25-20(18)16(5)24-21)27-17-8-6-14(3)7-9-17/h6-11,23,26H,1,4,12H2,2-3,5H3. The van der Waals surface area contributed by atoms with Crippen LogP contribution >= 0.6 is 0 Å². The van der Waals surface area contributed by atoms with Crippen molar-refractivity contribution in [3.63, 3.8) is 0 Å². The highest BCUT2D eigenvalue weighted by Gasteiger charge is 2.15. The number of rotatable bonds is 6. The van der Waals surface area contributed by atoms with Crippen LogP contribution in [0.15, 0.2) is 55.1 Å². The Kier molecular flexibility index (Phi) is 5.12. The van der Waals surface area contributed by atoms with Crippen molar-refractivity contribution in [3.8, 4) is 17.4 Å². The van der Waals surface area contributed by atoms with E-state index in [2.05, 4.69) is 28.4 Å². The molecule has 2 N–H and O–H groups in total. The van der Waals surface area contributed by atoms with Gasteiger partial charge in [-0.05, 0) is 39.0 Å². The lowest BCUT2D eigenvalue weighted by atomic mass is 10.1. The molecular weight excluding hydrogens is 338 g/mol. The average molecular weight is 361 g/mol. The first-order valence-electron chi connectivity index (χ1n) is 8.67. The maximum Gasteiger partial charge on any atom is 0.219 e. The van der Waals surface area contributed by atoms with Crippen LogP contribution in [0.3, 0.4) is 0 Å². The van der Waals surface area contributed by atoms with E-state index in [-0.39, 0.29) is 5.75 Å². The van der Waals surface area contributed by atoms with E-state index in [9.17, 15) is 5.11 Å². The van der Waals surface area contributed by atoms with Crippen LogP contribution in [0.1, 0.15) is 23.9 Å². The second-order valence-electron chi connectivity index (χ2n) is 6.64. The van der Waals surface area contributed by atoms with Crippen LogP contribution < -0.4 is 10.1 Å². The van der Waals surface area contributed by atoms with Gasteiger partial charge in [-0.2, -0.15) is 0 Å². The number of aromatic nitrogens is 2. The van der Waals surface area contributed by atoms with E-state index >= 15 is 0 Å². The lowest BCUT2D eigenvalue weighted by molar-refractivity contribution is 0.463. The Morgan fingerprint density at radius 3 is 2.44 bits per heavy atom. The number of nitrogens with one attached hydrogen (secondary N) is 1. The van der Waals surface area contributed by atoms with Gasteiger partial charge in [0.15, 0.2) is 5.75 Å². The lowest BCUT2D eigenvalue weighted by Crippen LogP contribution is -2.15. The zero-order valence-corrected chi connectivity index (χ0v) is 15.8. The first-order chi connectivity index (χ1) is 12.8. The Hall–Kier alpha value is -3.34. The number of hydrogen-bond acceptors (Lipinski definition) is 5. The molecule has 0 spiro atoms. The quantitative estimate of drug-likeness (QED) is 0.613. The average Bonchev–Trinajstić information content (AvgIpc) is 2.64. The van der Waals surface area contributed by atoms with E-state index in [4.69, 9.17) is 4.74 Å². The summed E-state index contributed by atoms with van der Waals surface area (Å²) < 4.78 is 5.82. The van der Waals surface area contributed by atoms with E-state index in [1.807, 2.05) is 45.0 Å². The van der Waals surface area contributed by atoms with Gasteiger partial charge in [0.25, 0.3) is 0 Å². The summed E-state index contributed by atoms with van der Waals surface area (Å²) in [6.07, 6.45) is 0. The maximum absolute atomic E-state index is 10.7. The SMILES string of the molecule is C=C(C)CNC(=C)c1nc(C)c2nc(Oc3ccc(C)cc3)ccc2c1O. The molecule has 0 amide bonds. The Morgan fingerprint density at radius 1 is 1.07 bits per heavy atom. The topological polar surface area (TPSA) is 67.3 Å². The number of aryl methyl sites for hydroxylation is 2. The van der Waals surface area contributed by atoms with Crippen molar-refractivity contribution >= 4 is 16.6 Å². The summed E-state index contributed by atoms with van der Waals surface area (Å²) in [7, 11) is 0. The monoisotopic (exact) mass is 361 g/mol. The van der Waals surface area contributed by atoms with Crippen LogP contribution in [0.4, 0.5) is 0 Å². The lowest BCUT2D eigenvalue weighted by Gasteiger charge is -2.14. The molecule has 0 saturated carbocycles. The molecule has 0 aliphatic carbocycles. The van der Waals surface area contributed by atoms with Gasteiger partial charge in [-0.15, -0.1) is 0 Å². The molecule has 27 heavy (non-hydrogen) atoms. The zero-order valence-electron chi connectivity index (χ0n) is 15.8. The summed E-state index contributed by atoms with van der Waals surface area (Å²) >= 11 is 0. The van der Waals surface area contributed by atoms with Gasteiger partial charge >= 0.3 is 0 Å². The van der Waals surface area contributed by atoms with E-state index in [0.717, 1.165) is 11.1 Å². The molecule has 2 aromatic heterocycles.